The molecule has 2 aromatic rings. The van der Waals surface area contributed by atoms with Gasteiger partial charge in [-0.3, -0.25) is 9.52 Å². The molecule has 0 atom stereocenters. The Bertz CT molecular complexity index is 915. The summed E-state index contributed by atoms with van der Waals surface area (Å²) in [6, 6.07) is 10.2. The third-order valence-electron chi connectivity index (χ3n) is 3.82. The number of fused-ring (bicyclic) bond motifs is 1. The van der Waals surface area contributed by atoms with Gasteiger partial charge in [-0.2, -0.15) is 0 Å². The number of hydrogen-bond acceptors (Lipinski definition) is 4. The van der Waals surface area contributed by atoms with E-state index >= 15 is 0 Å². The van der Waals surface area contributed by atoms with Gasteiger partial charge in [0.15, 0.2) is 0 Å². The van der Waals surface area contributed by atoms with E-state index in [1.54, 1.807) is 19.2 Å². The largest absolute Gasteiger partial charge is 0.491 e. The number of rotatable bonds is 4. The van der Waals surface area contributed by atoms with Gasteiger partial charge in [0, 0.05) is 18.3 Å². The molecule has 0 saturated carbocycles. The van der Waals surface area contributed by atoms with Crippen LogP contribution >= 0.6 is 0 Å². The smallest absolute Gasteiger partial charge is 0.257 e. The SMILES string of the molecule is CN1CCOc2ccc(NS(=O)(=O)Cc3ccccc3F)cc2C1=O. The predicted molar refractivity (Wildman–Crippen MR) is 91.5 cm³/mol. The van der Waals surface area contributed by atoms with Crippen molar-refractivity contribution in [1.29, 1.82) is 0 Å². The number of ether oxygens (including phenoxy) is 1. The number of amides is 1. The van der Waals surface area contributed by atoms with Crippen molar-refractivity contribution in [3.05, 3.63) is 59.4 Å². The van der Waals surface area contributed by atoms with E-state index in [1.165, 1.54) is 35.2 Å². The maximum Gasteiger partial charge on any atom is 0.257 e. The van der Waals surface area contributed by atoms with Crippen LogP contribution in [0.4, 0.5) is 10.1 Å². The van der Waals surface area contributed by atoms with E-state index in [1.807, 2.05) is 0 Å². The molecule has 0 unspecified atom stereocenters. The minimum atomic E-state index is -3.83. The molecule has 1 heterocycles. The molecular weight excluding hydrogens is 347 g/mol. The standard InChI is InChI=1S/C17H17FN2O4S/c1-20-8-9-24-16-7-6-13(10-14(16)17(20)21)19-25(22,23)11-12-4-2-3-5-15(12)18/h2-7,10,19H,8-9,11H2,1H3. The van der Waals surface area contributed by atoms with Crippen LogP contribution in [0.5, 0.6) is 5.75 Å². The number of benzene rings is 2. The van der Waals surface area contributed by atoms with Crippen LogP contribution in [-0.2, 0) is 15.8 Å². The average molecular weight is 364 g/mol. The second-order valence-electron chi connectivity index (χ2n) is 5.74. The molecule has 0 aromatic heterocycles. The lowest BCUT2D eigenvalue weighted by atomic mass is 10.1. The first-order valence-electron chi connectivity index (χ1n) is 7.62. The second kappa shape index (κ2) is 6.72. The number of anilines is 1. The van der Waals surface area contributed by atoms with Crippen LogP contribution in [0, 0.1) is 5.82 Å². The van der Waals surface area contributed by atoms with Crippen molar-refractivity contribution in [1.82, 2.24) is 4.90 Å². The van der Waals surface area contributed by atoms with Crippen molar-refractivity contribution >= 4 is 21.6 Å². The molecule has 1 aliphatic heterocycles. The van der Waals surface area contributed by atoms with Crippen molar-refractivity contribution in [2.24, 2.45) is 0 Å². The van der Waals surface area contributed by atoms with Crippen LogP contribution in [0.1, 0.15) is 15.9 Å². The van der Waals surface area contributed by atoms with Crippen molar-refractivity contribution in [2.45, 2.75) is 5.75 Å². The molecular formula is C17H17FN2O4S. The number of likely N-dealkylation sites (N-methyl/N-ethyl adjacent to an activating group) is 1. The molecule has 132 valence electrons. The Labute approximate surface area is 145 Å². The summed E-state index contributed by atoms with van der Waals surface area (Å²) in [6.07, 6.45) is 0. The molecule has 0 saturated heterocycles. The molecule has 2 aromatic carbocycles. The zero-order chi connectivity index (χ0) is 18.0. The summed E-state index contributed by atoms with van der Waals surface area (Å²) in [5, 5.41) is 0. The van der Waals surface area contributed by atoms with Crippen molar-refractivity contribution in [2.75, 3.05) is 24.9 Å². The molecule has 1 aliphatic rings. The molecule has 25 heavy (non-hydrogen) atoms. The highest BCUT2D eigenvalue weighted by molar-refractivity contribution is 7.91. The Kier molecular flexibility index (Phi) is 4.63. The van der Waals surface area contributed by atoms with E-state index in [9.17, 15) is 17.6 Å². The molecule has 0 bridgehead atoms. The number of sulfonamides is 1. The Hall–Kier alpha value is -2.61. The molecule has 3 rings (SSSR count). The topological polar surface area (TPSA) is 75.7 Å². The summed E-state index contributed by atoms with van der Waals surface area (Å²) in [7, 11) is -2.18. The number of halogens is 1. The zero-order valence-electron chi connectivity index (χ0n) is 13.5. The van der Waals surface area contributed by atoms with E-state index in [4.69, 9.17) is 4.74 Å². The highest BCUT2D eigenvalue weighted by Crippen LogP contribution is 2.27. The normalized spacial score (nSPS) is 14.5. The summed E-state index contributed by atoms with van der Waals surface area (Å²) in [5.74, 6) is -0.921. The van der Waals surface area contributed by atoms with E-state index in [2.05, 4.69) is 4.72 Å². The Morgan fingerprint density at radius 2 is 2.00 bits per heavy atom. The lowest BCUT2D eigenvalue weighted by Crippen LogP contribution is -2.27. The van der Waals surface area contributed by atoms with E-state index < -0.39 is 21.6 Å². The Balaban J connectivity index is 1.84. The van der Waals surface area contributed by atoms with Crippen LogP contribution in [-0.4, -0.2) is 39.4 Å². The second-order valence-corrected chi connectivity index (χ2v) is 7.46. The predicted octanol–water partition coefficient (Wildman–Crippen LogP) is 2.23. The zero-order valence-corrected chi connectivity index (χ0v) is 14.3. The highest BCUT2D eigenvalue weighted by Gasteiger charge is 2.22. The van der Waals surface area contributed by atoms with Crippen molar-refractivity contribution < 1.29 is 22.3 Å². The quantitative estimate of drug-likeness (QED) is 0.903. The maximum absolute atomic E-state index is 13.7. The monoisotopic (exact) mass is 364 g/mol. The number of carbonyl (C=O) groups is 1. The fraction of sp³-hybridized carbons (Fsp3) is 0.235. The molecule has 1 N–H and O–H groups in total. The Morgan fingerprint density at radius 1 is 1.24 bits per heavy atom. The summed E-state index contributed by atoms with van der Waals surface area (Å²) in [6.45, 7) is 0.815. The first-order chi connectivity index (χ1) is 11.9. The third kappa shape index (κ3) is 3.90. The van der Waals surface area contributed by atoms with Crippen LogP contribution in [0.15, 0.2) is 42.5 Å². The molecule has 1 amide bonds. The van der Waals surface area contributed by atoms with Crippen molar-refractivity contribution in [3.63, 3.8) is 0 Å². The summed E-state index contributed by atoms with van der Waals surface area (Å²) < 4.78 is 46.1. The molecule has 0 aliphatic carbocycles. The number of nitrogens with zero attached hydrogens (tertiary/aromatic N) is 1. The van der Waals surface area contributed by atoms with Gasteiger partial charge in [-0.1, -0.05) is 18.2 Å². The fourth-order valence-electron chi connectivity index (χ4n) is 2.52. The van der Waals surface area contributed by atoms with Gasteiger partial charge in [-0.25, -0.2) is 12.8 Å². The lowest BCUT2D eigenvalue weighted by Gasteiger charge is -2.14. The van der Waals surface area contributed by atoms with Gasteiger partial charge in [0.1, 0.15) is 18.2 Å². The van der Waals surface area contributed by atoms with E-state index in [0.717, 1.165) is 0 Å². The number of carbonyl (C=O) groups excluding carboxylic acids is 1. The molecule has 0 spiro atoms. The van der Waals surface area contributed by atoms with Gasteiger partial charge >= 0.3 is 0 Å². The van der Waals surface area contributed by atoms with Gasteiger partial charge in [-0.15, -0.1) is 0 Å². The first-order valence-corrected chi connectivity index (χ1v) is 9.27. The summed E-state index contributed by atoms with van der Waals surface area (Å²) in [5.41, 5.74) is 0.581. The molecule has 8 heteroatoms. The minimum absolute atomic E-state index is 0.0731. The van der Waals surface area contributed by atoms with Gasteiger partial charge in [0.05, 0.1) is 17.9 Å². The van der Waals surface area contributed by atoms with E-state index in [0.29, 0.717) is 18.9 Å². The number of nitrogens with one attached hydrogen (secondary N) is 1. The first kappa shape index (κ1) is 17.2. The lowest BCUT2D eigenvalue weighted by molar-refractivity contribution is 0.0796. The van der Waals surface area contributed by atoms with Gasteiger partial charge < -0.3 is 9.64 Å². The van der Waals surface area contributed by atoms with Crippen LogP contribution in [0.2, 0.25) is 0 Å². The van der Waals surface area contributed by atoms with Gasteiger partial charge in [0.2, 0.25) is 10.0 Å². The molecule has 0 fully saturated rings. The average Bonchev–Trinajstić information content (AvgIpc) is 2.69. The van der Waals surface area contributed by atoms with Crippen LogP contribution in [0.3, 0.4) is 0 Å². The van der Waals surface area contributed by atoms with Gasteiger partial charge in [0.25, 0.3) is 5.91 Å². The molecule has 0 radical (unpaired) electrons. The van der Waals surface area contributed by atoms with Gasteiger partial charge in [-0.05, 0) is 24.3 Å². The van der Waals surface area contributed by atoms with E-state index in [-0.39, 0.29) is 22.7 Å². The number of hydrogen-bond donors (Lipinski definition) is 1. The summed E-state index contributed by atoms with van der Waals surface area (Å²) >= 11 is 0. The van der Waals surface area contributed by atoms with Crippen molar-refractivity contribution in [3.8, 4) is 5.75 Å². The minimum Gasteiger partial charge on any atom is -0.491 e. The maximum atomic E-state index is 13.7. The Morgan fingerprint density at radius 3 is 2.76 bits per heavy atom. The molecule has 6 nitrogen and oxygen atoms in total. The highest BCUT2D eigenvalue weighted by atomic mass is 32.2. The van der Waals surface area contributed by atoms with Crippen LogP contribution in [0.25, 0.3) is 0 Å². The fourth-order valence-corrected chi connectivity index (χ4v) is 3.72. The summed E-state index contributed by atoms with van der Waals surface area (Å²) in [4.78, 5) is 13.8. The third-order valence-corrected chi connectivity index (χ3v) is 5.06. The van der Waals surface area contributed by atoms with Crippen LogP contribution < -0.4 is 9.46 Å².